The Morgan fingerprint density at radius 3 is 1.67 bits per heavy atom. The molecule has 1 aliphatic rings. The van der Waals surface area contributed by atoms with Crippen molar-refractivity contribution in [2.45, 2.75) is 45.7 Å². The lowest BCUT2D eigenvalue weighted by molar-refractivity contribution is -0.141. The number of rotatable bonds is 6. The minimum atomic E-state index is -0.798. The van der Waals surface area contributed by atoms with Gasteiger partial charge in [-0.1, -0.05) is 0 Å². The largest absolute Gasteiger partial charge is 0.463 e. The predicted molar refractivity (Wildman–Crippen MR) is 75.4 cm³/mol. The number of hydrogen-bond acceptors (Lipinski definition) is 6. The van der Waals surface area contributed by atoms with Gasteiger partial charge >= 0.3 is 11.9 Å². The van der Waals surface area contributed by atoms with Crippen molar-refractivity contribution in [1.82, 2.24) is 0 Å². The van der Waals surface area contributed by atoms with E-state index in [9.17, 15) is 9.59 Å². The van der Waals surface area contributed by atoms with Gasteiger partial charge in [0.25, 0.3) is 0 Å². The highest BCUT2D eigenvalue weighted by molar-refractivity contribution is 5.82. The molecular weight excluding hydrogens is 276 g/mol. The van der Waals surface area contributed by atoms with E-state index in [1.54, 1.807) is 39.8 Å². The molecule has 0 radical (unpaired) electrons. The Labute approximate surface area is 124 Å². The summed E-state index contributed by atoms with van der Waals surface area (Å²) < 4.78 is 20.9. The molecule has 0 amide bonds. The Balaban J connectivity index is 2.70. The zero-order valence-electron chi connectivity index (χ0n) is 12.8. The first-order chi connectivity index (χ1) is 9.88. The summed E-state index contributed by atoms with van der Waals surface area (Å²) >= 11 is 0. The molecular formula is C15H22O6. The van der Waals surface area contributed by atoms with Crippen LogP contribution in [0.25, 0.3) is 0 Å². The third kappa shape index (κ3) is 6.10. The van der Waals surface area contributed by atoms with Gasteiger partial charge in [-0.25, -0.2) is 9.59 Å². The highest BCUT2D eigenvalue weighted by Crippen LogP contribution is 2.29. The van der Waals surface area contributed by atoms with E-state index < -0.39 is 29.9 Å². The third-order valence-electron chi connectivity index (χ3n) is 2.58. The fourth-order valence-corrected chi connectivity index (χ4v) is 1.84. The summed E-state index contributed by atoms with van der Waals surface area (Å²) in [4.78, 5) is 22.6. The van der Waals surface area contributed by atoms with Gasteiger partial charge in [0, 0.05) is 12.2 Å². The molecule has 0 aromatic rings. The van der Waals surface area contributed by atoms with Crippen molar-refractivity contribution in [1.29, 1.82) is 0 Å². The molecule has 6 nitrogen and oxygen atoms in total. The zero-order valence-corrected chi connectivity index (χ0v) is 12.8. The number of esters is 2. The van der Waals surface area contributed by atoms with Crippen LogP contribution in [0, 0.1) is 0 Å². The maximum absolute atomic E-state index is 11.3. The van der Waals surface area contributed by atoms with E-state index in [-0.39, 0.29) is 0 Å². The van der Waals surface area contributed by atoms with E-state index >= 15 is 0 Å². The molecule has 0 saturated carbocycles. The minimum absolute atomic E-state index is 0.308. The molecule has 21 heavy (non-hydrogen) atoms. The van der Waals surface area contributed by atoms with E-state index in [1.807, 2.05) is 0 Å². The van der Waals surface area contributed by atoms with Crippen LogP contribution in [0.5, 0.6) is 0 Å². The second-order valence-electron chi connectivity index (χ2n) is 4.79. The van der Waals surface area contributed by atoms with E-state index in [2.05, 4.69) is 0 Å². The first-order valence-electron chi connectivity index (χ1n) is 6.93. The van der Waals surface area contributed by atoms with Gasteiger partial charge in [0.1, 0.15) is 12.2 Å². The highest BCUT2D eigenvalue weighted by atomic mass is 16.7. The lowest BCUT2D eigenvalue weighted by Gasteiger charge is -2.15. The van der Waals surface area contributed by atoms with Gasteiger partial charge < -0.3 is 18.9 Å². The van der Waals surface area contributed by atoms with Gasteiger partial charge in [0.15, 0.2) is 5.79 Å². The van der Waals surface area contributed by atoms with Gasteiger partial charge in [-0.05, 0) is 39.8 Å². The zero-order chi connectivity index (χ0) is 15.9. The lowest BCUT2D eigenvalue weighted by Crippen LogP contribution is -2.21. The summed E-state index contributed by atoms with van der Waals surface area (Å²) in [6, 6.07) is 0. The van der Waals surface area contributed by atoms with E-state index in [0.29, 0.717) is 13.2 Å². The van der Waals surface area contributed by atoms with Crippen molar-refractivity contribution in [3.05, 3.63) is 24.3 Å². The maximum atomic E-state index is 11.3. The van der Waals surface area contributed by atoms with Crippen molar-refractivity contribution in [2.24, 2.45) is 0 Å². The molecule has 1 rings (SSSR count). The Bertz CT molecular complexity index is 386. The number of carbonyl (C=O) groups is 2. The molecule has 1 saturated heterocycles. The van der Waals surface area contributed by atoms with Crippen LogP contribution in [0.1, 0.15) is 27.7 Å². The van der Waals surface area contributed by atoms with Crippen molar-refractivity contribution in [3.8, 4) is 0 Å². The Morgan fingerprint density at radius 2 is 1.33 bits per heavy atom. The topological polar surface area (TPSA) is 71.1 Å². The normalized spacial score (nSPS) is 24.6. The summed E-state index contributed by atoms with van der Waals surface area (Å²) in [5.41, 5.74) is 0. The van der Waals surface area contributed by atoms with Crippen LogP contribution in [0.15, 0.2) is 24.3 Å². The maximum Gasteiger partial charge on any atom is 0.330 e. The Kier molecular flexibility index (Phi) is 6.58. The van der Waals surface area contributed by atoms with Crippen LogP contribution in [0.2, 0.25) is 0 Å². The molecule has 6 heteroatoms. The average Bonchev–Trinajstić information content (AvgIpc) is 2.69. The molecule has 0 bridgehead atoms. The van der Waals surface area contributed by atoms with Crippen LogP contribution in [-0.2, 0) is 28.5 Å². The summed E-state index contributed by atoms with van der Waals surface area (Å²) in [6.45, 7) is 7.60. The van der Waals surface area contributed by atoms with E-state index in [1.165, 1.54) is 12.2 Å². The molecule has 1 fully saturated rings. The lowest BCUT2D eigenvalue weighted by atomic mass is 10.2. The van der Waals surface area contributed by atoms with Crippen LogP contribution in [0.3, 0.4) is 0 Å². The fourth-order valence-electron chi connectivity index (χ4n) is 1.84. The van der Waals surface area contributed by atoms with E-state index in [4.69, 9.17) is 18.9 Å². The molecule has 1 heterocycles. The Hall–Kier alpha value is -1.66. The smallest absolute Gasteiger partial charge is 0.330 e. The van der Waals surface area contributed by atoms with Crippen molar-refractivity contribution < 1.29 is 28.5 Å². The summed E-state index contributed by atoms with van der Waals surface area (Å²) in [6.07, 6.45) is 4.76. The summed E-state index contributed by atoms with van der Waals surface area (Å²) in [7, 11) is 0. The minimum Gasteiger partial charge on any atom is -0.463 e. The molecule has 118 valence electrons. The SMILES string of the molecule is CCOC(=O)/C=C/[C@@H]1OC(C)(C)O[C@H]1/C=C/C(=O)OCC. The molecule has 0 aromatic heterocycles. The Morgan fingerprint density at radius 1 is 0.952 bits per heavy atom. The summed E-state index contributed by atoms with van der Waals surface area (Å²) in [5.74, 6) is -1.69. The highest BCUT2D eigenvalue weighted by Gasteiger charge is 2.38. The monoisotopic (exact) mass is 298 g/mol. The molecule has 0 unspecified atom stereocenters. The van der Waals surface area contributed by atoms with Crippen LogP contribution in [-0.4, -0.2) is 43.1 Å². The van der Waals surface area contributed by atoms with Crippen molar-refractivity contribution in [2.75, 3.05) is 13.2 Å². The first kappa shape index (κ1) is 17.4. The standard InChI is InChI=1S/C15H22O6/c1-5-18-13(16)9-7-11-12(21-15(3,4)20-11)8-10-14(17)19-6-2/h7-12H,5-6H2,1-4H3/b9-7+,10-8+/t11-,12-/m0/s1. The molecule has 1 aliphatic heterocycles. The third-order valence-corrected chi connectivity index (χ3v) is 2.58. The predicted octanol–water partition coefficient (Wildman–Crippen LogP) is 1.75. The van der Waals surface area contributed by atoms with E-state index in [0.717, 1.165) is 0 Å². The van der Waals surface area contributed by atoms with Gasteiger partial charge in [-0.2, -0.15) is 0 Å². The quantitative estimate of drug-likeness (QED) is 0.549. The number of carbonyl (C=O) groups excluding carboxylic acids is 2. The molecule has 0 aliphatic carbocycles. The van der Waals surface area contributed by atoms with Crippen LogP contribution >= 0.6 is 0 Å². The first-order valence-corrected chi connectivity index (χ1v) is 6.93. The van der Waals surface area contributed by atoms with Gasteiger partial charge in [-0.3, -0.25) is 0 Å². The molecule has 0 spiro atoms. The second kappa shape index (κ2) is 7.95. The van der Waals surface area contributed by atoms with Gasteiger partial charge in [0.2, 0.25) is 0 Å². The average molecular weight is 298 g/mol. The van der Waals surface area contributed by atoms with Crippen molar-refractivity contribution in [3.63, 3.8) is 0 Å². The van der Waals surface area contributed by atoms with Gasteiger partial charge in [0.05, 0.1) is 13.2 Å². The van der Waals surface area contributed by atoms with Gasteiger partial charge in [-0.15, -0.1) is 0 Å². The molecule has 2 atom stereocenters. The van der Waals surface area contributed by atoms with Crippen molar-refractivity contribution >= 4 is 11.9 Å². The number of hydrogen-bond donors (Lipinski definition) is 0. The van der Waals surface area contributed by atoms with Crippen LogP contribution < -0.4 is 0 Å². The van der Waals surface area contributed by atoms with Crippen LogP contribution in [0.4, 0.5) is 0 Å². The number of ether oxygens (including phenoxy) is 4. The molecule has 0 N–H and O–H groups in total. The fraction of sp³-hybridized carbons (Fsp3) is 0.600. The summed E-state index contributed by atoms with van der Waals surface area (Å²) in [5, 5.41) is 0. The molecule has 0 aromatic carbocycles. The second-order valence-corrected chi connectivity index (χ2v) is 4.79.